The number of nitrogens with zero attached hydrogens (tertiary/aromatic N) is 4. The van der Waals surface area contributed by atoms with E-state index in [4.69, 9.17) is 14.3 Å². The summed E-state index contributed by atoms with van der Waals surface area (Å²) < 4.78 is 37.1. The number of aliphatic imine (C=N–C) groups is 1. The van der Waals surface area contributed by atoms with Gasteiger partial charge in [-0.05, 0) is 55.8 Å². The zero-order valence-electron chi connectivity index (χ0n) is 20.7. The summed E-state index contributed by atoms with van der Waals surface area (Å²) >= 11 is 3.58. The highest BCUT2D eigenvalue weighted by Gasteiger charge is 2.28. The lowest BCUT2D eigenvalue weighted by atomic mass is 10.0. The Bertz CT molecular complexity index is 1570. The molecule has 0 bridgehead atoms. The molecule has 3 heterocycles. The van der Waals surface area contributed by atoms with Gasteiger partial charge in [0.15, 0.2) is 0 Å². The molecule has 1 aliphatic heterocycles. The quantitative estimate of drug-likeness (QED) is 0.250. The van der Waals surface area contributed by atoms with E-state index in [2.05, 4.69) is 42.6 Å². The van der Waals surface area contributed by atoms with Crippen LogP contribution in [0.25, 0.3) is 5.69 Å². The first kappa shape index (κ1) is 27.4. The number of pyridine rings is 1. The minimum absolute atomic E-state index is 0.0741. The van der Waals surface area contributed by atoms with Gasteiger partial charge in [-0.3, -0.25) is 23.9 Å². The number of halogens is 1. The van der Waals surface area contributed by atoms with Gasteiger partial charge in [-0.15, -0.1) is 0 Å². The fraction of sp³-hybridized carbons (Fsp3) is 0.185. The number of benzene rings is 2. The molecule has 2 aromatic carbocycles. The maximum absolute atomic E-state index is 11.8. The molecule has 11 heteroatoms. The number of aromatic nitrogens is 3. The molecule has 0 saturated heterocycles. The van der Waals surface area contributed by atoms with Gasteiger partial charge in [0.25, 0.3) is 10.1 Å². The van der Waals surface area contributed by atoms with Crippen LogP contribution in [-0.4, -0.2) is 46.3 Å². The number of aryl methyl sites for hydroxylation is 1. The molecule has 9 nitrogen and oxygen atoms in total. The number of esters is 1. The third-order valence-corrected chi connectivity index (χ3v) is 7.16. The number of carbonyl (C=O) groups is 1. The van der Waals surface area contributed by atoms with Gasteiger partial charge in [0.1, 0.15) is 11.9 Å². The molecule has 1 N–H and O–H groups in total. The molecule has 4 aromatic rings. The molecule has 0 amide bonds. The van der Waals surface area contributed by atoms with E-state index in [1.165, 1.54) is 19.2 Å². The summed E-state index contributed by atoms with van der Waals surface area (Å²) in [6, 6.07) is 19.0. The largest absolute Gasteiger partial charge is 0.469 e. The number of methoxy groups -OCH3 is 1. The molecule has 1 unspecified atom stereocenters. The minimum atomic E-state index is -4.00. The van der Waals surface area contributed by atoms with E-state index in [1.54, 1.807) is 24.4 Å². The summed E-state index contributed by atoms with van der Waals surface area (Å²) in [5, 5.41) is 0. The van der Waals surface area contributed by atoms with Crippen molar-refractivity contribution < 1.29 is 22.5 Å². The Balaban J connectivity index is 0.000000283. The lowest BCUT2D eigenvalue weighted by Crippen LogP contribution is -2.09. The van der Waals surface area contributed by atoms with Crippen molar-refractivity contribution >= 4 is 37.7 Å². The van der Waals surface area contributed by atoms with E-state index in [0.717, 1.165) is 38.6 Å². The summed E-state index contributed by atoms with van der Waals surface area (Å²) in [4.78, 5) is 25.9. The van der Waals surface area contributed by atoms with Gasteiger partial charge in [0, 0.05) is 34.5 Å². The average Bonchev–Trinajstić information content (AvgIpc) is 3.23. The molecule has 0 spiro atoms. The molecular weight excluding hydrogens is 572 g/mol. The van der Waals surface area contributed by atoms with E-state index in [1.807, 2.05) is 37.4 Å². The van der Waals surface area contributed by atoms with Crippen molar-refractivity contribution in [1.29, 1.82) is 0 Å². The summed E-state index contributed by atoms with van der Waals surface area (Å²) in [5.74, 6) is 0.560. The van der Waals surface area contributed by atoms with Gasteiger partial charge < -0.3 is 4.74 Å². The Labute approximate surface area is 229 Å². The number of ether oxygens (including phenoxy) is 1. The zero-order chi connectivity index (χ0) is 27.3. The Morgan fingerprint density at radius 3 is 2.45 bits per heavy atom. The molecule has 0 saturated carbocycles. The number of fused-ring (bicyclic) bond motifs is 3. The Morgan fingerprint density at radius 1 is 1.08 bits per heavy atom. The summed E-state index contributed by atoms with van der Waals surface area (Å²) in [7, 11) is -2.60. The van der Waals surface area contributed by atoms with Gasteiger partial charge in [-0.2, -0.15) is 8.42 Å². The molecule has 0 aliphatic carbocycles. The standard InChI is InChI=1S/C21H19BrN4O2.C6H6O3S/c1-13-12-24-21-17(7-9-19(27)28-2)25-20(16-5-3-4-10-23-16)15-11-14(22)6-8-18(15)26(13)21;7-10(8,9)6-4-2-1-3-5-6/h3-6,8,10-12,17H,7,9H2,1-2H3;1-5H,(H,7,8,9). The second kappa shape index (κ2) is 11.8. The van der Waals surface area contributed by atoms with Crippen molar-refractivity contribution in [2.24, 2.45) is 4.99 Å². The fourth-order valence-corrected chi connectivity index (χ4v) is 4.89. The van der Waals surface area contributed by atoms with Gasteiger partial charge in [0.05, 0.1) is 29.1 Å². The van der Waals surface area contributed by atoms with Crippen LogP contribution in [0, 0.1) is 6.92 Å². The van der Waals surface area contributed by atoms with Crippen LogP contribution in [0.4, 0.5) is 0 Å². The zero-order valence-corrected chi connectivity index (χ0v) is 23.1. The molecular formula is C27H25BrN4O5S. The molecule has 1 atom stereocenters. The highest BCUT2D eigenvalue weighted by atomic mass is 79.9. The van der Waals surface area contributed by atoms with E-state index in [-0.39, 0.29) is 23.3 Å². The lowest BCUT2D eigenvalue weighted by molar-refractivity contribution is -0.140. The Kier molecular flexibility index (Phi) is 8.50. The van der Waals surface area contributed by atoms with Gasteiger partial charge >= 0.3 is 5.97 Å². The molecule has 0 fully saturated rings. The fourth-order valence-electron chi connectivity index (χ4n) is 4.03. The first-order valence-corrected chi connectivity index (χ1v) is 13.9. The van der Waals surface area contributed by atoms with E-state index in [0.29, 0.717) is 6.42 Å². The number of hydrogen-bond donors (Lipinski definition) is 1. The van der Waals surface area contributed by atoms with Crippen LogP contribution in [0.1, 0.15) is 41.7 Å². The topological polar surface area (TPSA) is 124 Å². The highest BCUT2D eigenvalue weighted by molar-refractivity contribution is 9.10. The molecule has 38 heavy (non-hydrogen) atoms. The van der Waals surface area contributed by atoms with Crippen LogP contribution in [0.15, 0.2) is 93.5 Å². The second-order valence-electron chi connectivity index (χ2n) is 8.37. The maximum atomic E-state index is 11.8. The average molecular weight is 597 g/mol. The second-order valence-corrected chi connectivity index (χ2v) is 10.7. The lowest BCUT2D eigenvalue weighted by Gasteiger charge is -2.14. The van der Waals surface area contributed by atoms with Crippen LogP contribution in [0.3, 0.4) is 0 Å². The van der Waals surface area contributed by atoms with Gasteiger partial charge in [0.2, 0.25) is 0 Å². The van der Waals surface area contributed by atoms with Crippen LogP contribution in [0.2, 0.25) is 0 Å². The Hall–Kier alpha value is -3.67. The first-order chi connectivity index (χ1) is 18.2. The van der Waals surface area contributed by atoms with Crippen LogP contribution in [-0.2, 0) is 19.6 Å². The summed E-state index contributed by atoms with van der Waals surface area (Å²) in [6.07, 6.45) is 4.38. The van der Waals surface area contributed by atoms with Crippen molar-refractivity contribution in [1.82, 2.24) is 14.5 Å². The predicted molar refractivity (Wildman–Crippen MR) is 146 cm³/mol. The predicted octanol–water partition coefficient (Wildman–Crippen LogP) is 5.12. The molecule has 1 aliphatic rings. The third kappa shape index (κ3) is 6.24. The van der Waals surface area contributed by atoms with E-state index >= 15 is 0 Å². The maximum Gasteiger partial charge on any atom is 0.305 e. The molecule has 196 valence electrons. The Morgan fingerprint density at radius 2 is 1.82 bits per heavy atom. The van der Waals surface area contributed by atoms with E-state index < -0.39 is 10.1 Å². The monoisotopic (exact) mass is 596 g/mol. The van der Waals surface area contributed by atoms with Crippen molar-refractivity contribution in [2.45, 2.75) is 30.7 Å². The number of hydrogen-bond acceptors (Lipinski definition) is 7. The normalized spacial score (nSPS) is 14.2. The first-order valence-electron chi connectivity index (χ1n) is 11.6. The van der Waals surface area contributed by atoms with Crippen molar-refractivity contribution in [3.8, 4) is 5.69 Å². The number of rotatable bonds is 5. The summed E-state index contributed by atoms with van der Waals surface area (Å²) in [5.41, 5.74) is 4.55. The van der Waals surface area contributed by atoms with Crippen LogP contribution < -0.4 is 0 Å². The molecule has 0 radical (unpaired) electrons. The van der Waals surface area contributed by atoms with E-state index in [9.17, 15) is 13.2 Å². The summed E-state index contributed by atoms with van der Waals surface area (Å²) in [6.45, 7) is 2.02. The smallest absolute Gasteiger partial charge is 0.305 e. The minimum Gasteiger partial charge on any atom is -0.469 e. The highest BCUT2D eigenvalue weighted by Crippen LogP contribution is 2.34. The van der Waals surface area contributed by atoms with Crippen molar-refractivity contribution in [3.05, 3.63) is 106 Å². The van der Waals surface area contributed by atoms with Crippen LogP contribution >= 0.6 is 15.9 Å². The molecule has 2 aromatic heterocycles. The van der Waals surface area contributed by atoms with Gasteiger partial charge in [-0.25, -0.2) is 4.98 Å². The van der Waals surface area contributed by atoms with Crippen molar-refractivity contribution in [2.75, 3.05) is 7.11 Å². The SMILES string of the molecule is COC(=O)CCC1N=C(c2ccccn2)c2cc(Br)ccc2-n2c(C)cnc21.O=S(=O)(O)c1ccccc1. The number of imidazole rings is 1. The van der Waals surface area contributed by atoms with Crippen molar-refractivity contribution in [3.63, 3.8) is 0 Å². The van der Waals surface area contributed by atoms with Crippen LogP contribution in [0.5, 0.6) is 0 Å². The van der Waals surface area contributed by atoms with Gasteiger partial charge in [-0.1, -0.05) is 40.2 Å². The third-order valence-electron chi connectivity index (χ3n) is 5.80. The molecule has 5 rings (SSSR count). The number of carbonyl (C=O) groups excluding carboxylic acids is 1.